The summed E-state index contributed by atoms with van der Waals surface area (Å²) in [6, 6.07) is 5.56. The van der Waals surface area contributed by atoms with Crippen LogP contribution in [0.15, 0.2) is 42.9 Å². The first-order valence-electron chi connectivity index (χ1n) is 7.49. The van der Waals surface area contributed by atoms with E-state index in [9.17, 15) is 13.2 Å². The molecule has 0 radical (unpaired) electrons. The van der Waals surface area contributed by atoms with E-state index >= 15 is 0 Å². The van der Waals surface area contributed by atoms with Crippen LogP contribution in [0, 0.1) is 0 Å². The summed E-state index contributed by atoms with van der Waals surface area (Å²) in [6.45, 7) is 0.760. The number of hydrogen-bond donors (Lipinski definition) is 1. The van der Waals surface area contributed by atoms with Gasteiger partial charge in [0.05, 0.1) is 11.9 Å². The number of hydrogen-bond acceptors (Lipinski definition) is 5. The largest absolute Gasteiger partial charge is 0.573 e. The Labute approximate surface area is 140 Å². The minimum absolute atomic E-state index is 0.276. The van der Waals surface area contributed by atoms with Gasteiger partial charge in [0.2, 0.25) is 0 Å². The Morgan fingerprint density at radius 2 is 1.92 bits per heavy atom. The van der Waals surface area contributed by atoms with Crippen molar-refractivity contribution < 1.29 is 17.9 Å². The molecule has 4 rings (SSSR count). The van der Waals surface area contributed by atoms with Crippen LogP contribution in [0.4, 0.5) is 19.0 Å². The van der Waals surface area contributed by atoms with Gasteiger partial charge in [0.25, 0.3) is 0 Å². The number of anilines is 1. The summed E-state index contributed by atoms with van der Waals surface area (Å²) in [4.78, 5) is 8.34. The monoisotopic (exact) mass is 347 g/mol. The fourth-order valence-electron chi connectivity index (χ4n) is 2.78. The van der Waals surface area contributed by atoms with E-state index in [4.69, 9.17) is 0 Å². The van der Waals surface area contributed by atoms with E-state index in [1.807, 2.05) is 0 Å². The first-order chi connectivity index (χ1) is 12.0. The molecule has 2 aromatic heterocycles. The SMILES string of the molecule is FC(F)(F)Oc1ccc(-n2nc(-c3cnccn3)c3c2NCC3)cc1. The molecule has 0 unspecified atom stereocenters. The van der Waals surface area contributed by atoms with Gasteiger partial charge in [-0.25, -0.2) is 4.68 Å². The van der Waals surface area contributed by atoms with E-state index in [1.54, 1.807) is 23.3 Å². The highest BCUT2D eigenvalue weighted by molar-refractivity contribution is 5.70. The average Bonchev–Trinajstić information content (AvgIpc) is 3.17. The molecule has 1 N–H and O–H groups in total. The smallest absolute Gasteiger partial charge is 0.406 e. The lowest BCUT2D eigenvalue weighted by atomic mass is 10.1. The van der Waals surface area contributed by atoms with Crippen LogP contribution in [-0.2, 0) is 6.42 Å². The number of aromatic nitrogens is 4. The Bertz CT molecular complexity index is 891. The van der Waals surface area contributed by atoms with E-state index in [0.29, 0.717) is 17.1 Å². The number of nitrogens with one attached hydrogen (secondary N) is 1. The van der Waals surface area contributed by atoms with Crippen LogP contribution < -0.4 is 10.1 Å². The second-order valence-corrected chi connectivity index (χ2v) is 5.40. The van der Waals surface area contributed by atoms with Gasteiger partial charge >= 0.3 is 6.36 Å². The van der Waals surface area contributed by atoms with Crippen molar-refractivity contribution in [3.05, 3.63) is 48.4 Å². The Balaban J connectivity index is 1.72. The molecule has 0 aliphatic carbocycles. The maximum Gasteiger partial charge on any atom is 0.573 e. The van der Waals surface area contributed by atoms with Crippen LogP contribution in [0.25, 0.3) is 17.1 Å². The van der Waals surface area contributed by atoms with Crippen molar-refractivity contribution in [2.45, 2.75) is 12.8 Å². The molecule has 6 nitrogen and oxygen atoms in total. The van der Waals surface area contributed by atoms with Gasteiger partial charge in [0.1, 0.15) is 23.0 Å². The predicted molar refractivity (Wildman–Crippen MR) is 83.5 cm³/mol. The van der Waals surface area contributed by atoms with Crippen molar-refractivity contribution in [2.24, 2.45) is 0 Å². The standard InChI is InChI=1S/C16H12F3N5O/c17-16(18,19)25-11-3-1-10(2-4-11)24-15-12(5-6-22-15)14(23-24)13-9-20-7-8-21-13/h1-4,7-9,22H,5-6H2. The lowest BCUT2D eigenvalue weighted by Gasteiger charge is -2.10. The summed E-state index contributed by atoms with van der Waals surface area (Å²) in [5.41, 5.74) is 2.99. The van der Waals surface area contributed by atoms with Crippen LogP contribution in [0.3, 0.4) is 0 Å². The third-order valence-corrected chi connectivity index (χ3v) is 3.77. The Morgan fingerprint density at radius 1 is 1.12 bits per heavy atom. The highest BCUT2D eigenvalue weighted by Gasteiger charge is 2.31. The first-order valence-corrected chi connectivity index (χ1v) is 7.49. The molecule has 0 atom stereocenters. The molecule has 0 bridgehead atoms. The topological polar surface area (TPSA) is 64.9 Å². The summed E-state index contributed by atoms with van der Waals surface area (Å²) in [6.07, 6.45) is 0.877. The first kappa shape index (κ1) is 15.4. The molecule has 3 heterocycles. The number of nitrogens with zero attached hydrogens (tertiary/aromatic N) is 4. The molecule has 1 aliphatic heterocycles. The minimum Gasteiger partial charge on any atom is -0.406 e. The van der Waals surface area contributed by atoms with Gasteiger partial charge in [-0.1, -0.05) is 0 Å². The Kier molecular flexibility index (Phi) is 3.56. The summed E-state index contributed by atoms with van der Waals surface area (Å²) < 4.78 is 42.4. The summed E-state index contributed by atoms with van der Waals surface area (Å²) in [7, 11) is 0. The zero-order chi connectivity index (χ0) is 17.4. The zero-order valence-electron chi connectivity index (χ0n) is 12.8. The van der Waals surface area contributed by atoms with E-state index in [2.05, 4.69) is 25.1 Å². The number of halogens is 3. The Morgan fingerprint density at radius 3 is 2.60 bits per heavy atom. The average molecular weight is 347 g/mol. The second kappa shape index (κ2) is 5.76. The molecule has 0 amide bonds. The van der Waals surface area contributed by atoms with Gasteiger partial charge in [-0.05, 0) is 30.7 Å². The molecule has 1 aliphatic rings. The number of rotatable bonds is 3. The third-order valence-electron chi connectivity index (χ3n) is 3.77. The van der Waals surface area contributed by atoms with Crippen molar-refractivity contribution >= 4 is 5.82 Å². The predicted octanol–water partition coefficient (Wildman–Crippen LogP) is 3.20. The number of alkyl halides is 3. The van der Waals surface area contributed by atoms with Crippen LogP contribution in [0.1, 0.15) is 5.56 Å². The van der Waals surface area contributed by atoms with E-state index < -0.39 is 6.36 Å². The molecule has 9 heteroatoms. The number of benzene rings is 1. The normalized spacial score (nSPS) is 13.4. The summed E-state index contributed by atoms with van der Waals surface area (Å²) >= 11 is 0. The molecule has 0 saturated carbocycles. The van der Waals surface area contributed by atoms with Gasteiger partial charge in [-0.3, -0.25) is 9.97 Å². The second-order valence-electron chi connectivity index (χ2n) is 5.40. The molecule has 1 aromatic carbocycles. The van der Waals surface area contributed by atoms with Gasteiger partial charge < -0.3 is 10.1 Å². The van der Waals surface area contributed by atoms with E-state index in [-0.39, 0.29) is 5.75 Å². The third kappa shape index (κ3) is 3.00. The summed E-state index contributed by atoms with van der Waals surface area (Å²) in [5.74, 6) is 0.535. The van der Waals surface area contributed by atoms with Crippen LogP contribution >= 0.6 is 0 Å². The number of ether oxygens (including phenoxy) is 1. The quantitative estimate of drug-likeness (QED) is 0.788. The van der Waals surface area contributed by atoms with Crippen molar-refractivity contribution in [3.63, 3.8) is 0 Å². The lowest BCUT2D eigenvalue weighted by Crippen LogP contribution is -2.17. The molecular weight excluding hydrogens is 335 g/mol. The molecular formula is C16H12F3N5O. The summed E-state index contributed by atoms with van der Waals surface area (Å²) in [5, 5.41) is 7.82. The molecule has 128 valence electrons. The van der Waals surface area contributed by atoms with Crippen LogP contribution in [0.2, 0.25) is 0 Å². The molecule has 25 heavy (non-hydrogen) atoms. The van der Waals surface area contributed by atoms with Crippen molar-refractivity contribution in [1.29, 1.82) is 0 Å². The van der Waals surface area contributed by atoms with Crippen molar-refractivity contribution in [2.75, 3.05) is 11.9 Å². The van der Waals surface area contributed by atoms with Gasteiger partial charge in [0, 0.05) is 24.5 Å². The lowest BCUT2D eigenvalue weighted by molar-refractivity contribution is -0.274. The maximum absolute atomic E-state index is 12.3. The Hall–Kier alpha value is -3.10. The van der Waals surface area contributed by atoms with Gasteiger partial charge in [-0.15, -0.1) is 13.2 Å². The highest BCUT2D eigenvalue weighted by atomic mass is 19.4. The van der Waals surface area contributed by atoms with Crippen LogP contribution in [-0.4, -0.2) is 32.7 Å². The van der Waals surface area contributed by atoms with E-state index in [1.165, 1.54) is 24.3 Å². The van der Waals surface area contributed by atoms with Gasteiger partial charge in [-0.2, -0.15) is 5.10 Å². The molecule has 3 aromatic rings. The van der Waals surface area contributed by atoms with Crippen molar-refractivity contribution in [3.8, 4) is 22.8 Å². The minimum atomic E-state index is -4.71. The van der Waals surface area contributed by atoms with Gasteiger partial charge in [0.15, 0.2) is 0 Å². The maximum atomic E-state index is 12.3. The molecule has 0 saturated heterocycles. The molecule has 0 spiro atoms. The fraction of sp³-hybridized carbons (Fsp3) is 0.188. The van der Waals surface area contributed by atoms with Crippen molar-refractivity contribution in [1.82, 2.24) is 19.7 Å². The molecule has 0 fully saturated rings. The number of fused-ring (bicyclic) bond motifs is 1. The van der Waals surface area contributed by atoms with Crippen LogP contribution in [0.5, 0.6) is 5.75 Å². The van der Waals surface area contributed by atoms with E-state index in [0.717, 1.165) is 24.3 Å². The highest BCUT2D eigenvalue weighted by Crippen LogP contribution is 2.34. The zero-order valence-corrected chi connectivity index (χ0v) is 12.8. The fourth-order valence-corrected chi connectivity index (χ4v) is 2.78.